The van der Waals surface area contributed by atoms with E-state index in [0.717, 1.165) is 6.42 Å². The molecule has 0 rings (SSSR count). The second kappa shape index (κ2) is 6.27. The molecule has 0 heterocycles. The fourth-order valence-corrected chi connectivity index (χ4v) is 1.13. The molecule has 4 N–H and O–H groups in total. The molecule has 0 aliphatic rings. The third-order valence-electron chi connectivity index (χ3n) is 2.46. The molecule has 0 aromatic rings. The number of carbonyl (C=O) groups is 1. The highest BCUT2D eigenvalue weighted by Gasteiger charge is 2.22. The van der Waals surface area contributed by atoms with E-state index in [4.69, 9.17) is 10.9 Å². The van der Waals surface area contributed by atoms with Crippen molar-refractivity contribution in [2.75, 3.05) is 0 Å². The predicted octanol–water partition coefficient (Wildman–Crippen LogP) is 0.920. The van der Waals surface area contributed by atoms with Gasteiger partial charge in [-0.15, -0.1) is 0 Å². The first-order chi connectivity index (χ1) is 6.93. The lowest BCUT2D eigenvalue weighted by Crippen LogP contribution is -2.49. The monoisotopic (exact) mass is 215 g/mol. The number of nitrogens with one attached hydrogen (secondary N) is 1. The highest BCUT2D eigenvalue weighted by atomic mass is 16.4. The maximum Gasteiger partial charge on any atom is 0.223 e. The summed E-state index contributed by atoms with van der Waals surface area (Å²) in [5.41, 5.74) is 5.49. The minimum atomic E-state index is -0.406. The minimum Gasteiger partial charge on any atom is -0.409 e. The molecule has 0 fully saturated rings. The maximum absolute atomic E-state index is 11.6. The van der Waals surface area contributed by atoms with Crippen molar-refractivity contribution in [2.24, 2.45) is 22.7 Å². The van der Waals surface area contributed by atoms with Crippen LogP contribution in [-0.4, -0.2) is 23.0 Å². The summed E-state index contributed by atoms with van der Waals surface area (Å²) < 4.78 is 0. The summed E-state index contributed by atoms with van der Waals surface area (Å²) in [7, 11) is 0. The van der Waals surface area contributed by atoms with E-state index in [-0.39, 0.29) is 23.6 Å². The molecule has 5 heteroatoms. The Labute approximate surface area is 90.7 Å². The van der Waals surface area contributed by atoms with E-state index >= 15 is 0 Å². The molecule has 1 amide bonds. The highest BCUT2D eigenvalue weighted by Crippen LogP contribution is 2.06. The van der Waals surface area contributed by atoms with E-state index in [0.29, 0.717) is 0 Å². The minimum absolute atomic E-state index is 0.0432. The van der Waals surface area contributed by atoms with Crippen molar-refractivity contribution in [1.82, 2.24) is 5.32 Å². The van der Waals surface area contributed by atoms with Crippen LogP contribution in [0.25, 0.3) is 0 Å². The van der Waals surface area contributed by atoms with Gasteiger partial charge in [-0.05, 0) is 12.3 Å². The fraction of sp³-hybridized carbons (Fsp3) is 0.800. The van der Waals surface area contributed by atoms with E-state index in [1.807, 2.05) is 27.7 Å². The molecule has 2 atom stereocenters. The Morgan fingerprint density at radius 3 is 2.33 bits per heavy atom. The Morgan fingerprint density at radius 1 is 1.47 bits per heavy atom. The van der Waals surface area contributed by atoms with Gasteiger partial charge in [-0.2, -0.15) is 0 Å². The van der Waals surface area contributed by atoms with Crippen LogP contribution in [0.3, 0.4) is 0 Å². The van der Waals surface area contributed by atoms with Crippen molar-refractivity contribution in [2.45, 2.75) is 40.2 Å². The van der Waals surface area contributed by atoms with Gasteiger partial charge in [0, 0.05) is 5.92 Å². The first-order valence-corrected chi connectivity index (χ1v) is 5.21. The van der Waals surface area contributed by atoms with Crippen LogP contribution < -0.4 is 11.1 Å². The smallest absolute Gasteiger partial charge is 0.223 e. The number of amides is 1. The Hall–Kier alpha value is -1.26. The van der Waals surface area contributed by atoms with E-state index in [2.05, 4.69) is 10.5 Å². The fourth-order valence-electron chi connectivity index (χ4n) is 1.13. The number of rotatable bonds is 5. The molecule has 2 unspecified atom stereocenters. The summed E-state index contributed by atoms with van der Waals surface area (Å²) in [6.45, 7) is 7.59. The topological polar surface area (TPSA) is 87.7 Å². The standard InChI is InChI=1S/C10H21N3O2/c1-5-7(4)10(14)12-8(6(2)3)9(11)13-15/h6-8,15H,5H2,1-4H3,(H2,11,13)(H,12,14). The molecular formula is C10H21N3O2. The molecule has 88 valence electrons. The van der Waals surface area contributed by atoms with Gasteiger partial charge >= 0.3 is 0 Å². The third kappa shape index (κ3) is 4.18. The van der Waals surface area contributed by atoms with Crippen LogP contribution in [0.4, 0.5) is 0 Å². The SMILES string of the molecule is CCC(C)C(=O)NC(C(N)=NO)C(C)C. The van der Waals surface area contributed by atoms with Crippen LogP contribution in [0.1, 0.15) is 34.1 Å². The lowest BCUT2D eigenvalue weighted by molar-refractivity contribution is -0.125. The van der Waals surface area contributed by atoms with Crippen LogP contribution >= 0.6 is 0 Å². The normalized spacial score (nSPS) is 16.2. The van der Waals surface area contributed by atoms with Gasteiger partial charge in [0.25, 0.3) is 0 Å². The molecule has 0 saturated heterocycles. The summed E-state index contributed by atoms with van der Waals surface area (Å²) >= 11 is 0. The number of nitrogens with two attached hydrogens (primary N) is 1. The second-order valence-electron chi connectivity index (χ2n) is 4.06. The average molecular weight is 215 g/mol. The molecule has 0 bridgehead atoms. The van der Waals surface area contributed by atoms with Gasteiger partial charge in [-0.3, -0.25) is 4.79 Å². The zero-order chi connectivity index (χ0) is 12.0. The number of hydrogen-bond donors (Lipinski definition) is 3. The molecule has 0 saturated carbocycles. The van der Waals surface area contributed by atoms with Crippen LogP contribution in [-0.2, 0) is 4.79 Å². The van der Waals surface area contributed by atoms with Gasteiger partial charge in [-0.1, -0.05) is 32.9 Å². The van der Waals surface area contributed by atoms with Gasteiger partial charge in [0.2, 0.25) is 5.91 Å². The molecule has 0 aliphatic heterocycles. The van der Waals surface area contributed by atoms with E-state index < -0.39 is 6.04 Å². The van der Waals surface area contributed by atoms with Gasteiger partial charge in [0.05, 0.1) is 6.04 Å². The van der Waals surface area contributed by atoms with E-state index in [9.17, 15) is 4.79 Å². The Morgan fingerprint density at radius 2 is 2.00 bits per heavy atom. The molecule has 5 nitrogen and oxygen atoms in total. The summed E-state index contributed by atoms with van der Waals surface area (Å²) in [6, 6.07) is -0.406. The van der Waals surface area contributed by atoms with Crippen LogP contribution in [0.15, 0.2) is 5.16 Å². The molecule has 0 aromatic carbocycles. The van der Waals surface area contributed by atoms with E-state index in [1.165, 1.54) is 0 Å². The number of hydrogen-bond acceptors (Lipinski definition) is 3. The van der Waals surface area contributed by atoms with Gasteiger partial charge in [-0.25, -0.2) is 0 Å². The number of amidine groups is 1. The lowest BCUT2D eigenvalue weighted by atomic mass is 10.0. The molecular weight excluding hydrogens is 194 g/mol. The molecule has 0 aliphatic carbocycles. The summed E-state index contributed by atoms with van der Waals surface area (Å²) in [5.74, 6) is 0.0103. The van der Waals surface area contributed by atoms with Gasteiger partial charge in [0.1, 0.15) is 0 Å². The van der Waals surface area contributed by atoms with Crippen molar-refractivity contribution < 1.29 is 10.0 Å². The van der Waals surface area contributed by atoms with Crippen molar-refractivity contribution >= 4 is 11.7 Å². The van der Waals surface area contributed by atoms with E-state index in [1.54, 1.807) is 0 Å². The zero-order valence-electron chi connectivity index (χ0n) is 9.82. The number of nitrogens with zero attached hydrogens (tertiary/aromatic N) is 1. The second-order valence-corrected chi connectivity index (χ2v) is 4.06. The molecule has 0 aromatic heterocycles. The summed E-state index contributed by atoms with van der Waals surface area (Å²) in [5, 5.41) is 14.3. The molecule has 0 spiro atoms. The Kier molecular flexibility index (Phi) is 5.74. The van der Waals surface area contributed by atoms with Crippen molar-refractivity contribution in [1.29, 1.82) is 0 Å². The Bertz CT molecular complexity index is 239. The maximum atomic E-state index is 11.6. The highest BCUT2D eigenvalue weighted by molar-refractivity contribution is 5.90. The van der Waals surface area contributed by atoms with Crippen LogP contribution in [0, 0.1) is 11.8 Å². The predicted molar refractivity (Wildman–Crippen MR) is 59.6 cm³/mol. The van der Waals surface area contributed by atoms with Crippen molar-refractivity contribution in [3.8, 4) is 0 Å². The number of oxime groups is 1. The van der Waals surface area contributed by atoms with Crippen LogP contribution in [0.5, 0.6) is 0 Å². The quantitative estimate of drug-likeness (QED) is 0.276. The molecule has 15 heavy (non-hydrogen) atoms. The lowest BCUT2D eigenvalue weighted by Gasteiger charge is -2.22. The average Bonchev–Trinajstić information content (AvgIpc) is 2.22. The van der Waals surface area contributed by atoms with Crippen molar-refractivity contribution in [3.05, 3.63) is 0 Å². The van der Waals surface area contributed by atoms with Crippen LogP contribution in [0.2, 0.25) is 0 Å². The zero-order valence-corrected chi connectivity index (χ0v) is 9.82. The summed E-state index contributed by atoms with van der Waals surface area (Å²) in [6.07, 6.45) is 0.771. The molecule has 0 radical (unpaired) electrons. The number of carbonyl (C=O) groups excluding carboxylic acids is 1. The Balaban J connectivity index is 4.50. The van der Waals surface area contributed by atoms with Gasteiger partial charge < -0.3 is 16.3 Å². The first-order valence-electron chi connectivity index (χ1n) is 5.21. The first kappa shape index (κ1) is 13.7. The third-order valence-corrected chi connectivity index (χ3v) is 2.46. The van der Waals surface area contributed by atoms with Crippen molar-refractivity contribution in [3.63, 3.8) is 0 Å². The van der Waals surface area contributed by atoms with Gasteiger partial charge in [0.15, 0.2) is 5.84 Å². The summed E-state index contributed by atoms with van der Waals surface area (Å²) in [4.78, 5) is 11.6. The largest absolute Gasteiger partial charge is 0.409 e.